The predicted octanol–water partition coefficient (Wildman–Crippen LogP) is 4.50. The van der Waals surface area contributed by atoms with Gasteiger partial charge in [-0.05, 0) is 76.9 Å². The molecule has 2 aromatic carbocycles. The molecule has 0 aliphatic carbocycles. The molecule has 3 aromatic rings. The van der Waals surface area contributed by atoms with Crippen LogP contribution < -0.4 is 10.9 Å². The molecule has 1 unspecified atom stereocenters. The van der Waals surface area contributed by atoms with Crippen LogP contribution in [-0.4, -0.2) is 33.1 Å². The topological polar surface area (TPSA) is 67.2 Å². The molecule has 0 spiro atoms. The van der Waals surface area contributed by atoms with Crippen LogP contribution >= 0.6 is 0 Å². The summed E-state index contributed by atoms with van der Waals surface area (Å²) in [7, 11) is 1.72. The SMILES string of the molecule is Cc1ccc(-n2c(C(C)N(C)C(=O)NC(C)(C)C)nc3ccccc3c2=O)cc1C. The van der Waals surface area contributed by atoms with Crippen molar-refractivity contribution < 1.29 is 4.79 Å². The summed E-state index contributed by atoms with van der Waals surface area (Å²) >= 11 is 0. The van der Waals surface area contributed by atoms with Crippen molar-refractivity contribution in [2.24, 2.45) is 0 Å². The second-order valence-corrected chi connectivity index (χ2v) is 8.86. The average molecular weight is 407 g/mol. The highest BCUT2D eigenvalue weighted by atomic mass is 16.2. The molecule has 0 fully saturated rings. The van der Waals surface area contributed by atoms with Gasteiger partial charge in [-0.3, -0.25) is 9.36 Å². The highest BCUT2D eigenvalue weighted by molar-refractivity contribution is 5.78. The number of aryl methyl sites for hydroxylation is 2. The van der Waals surface area contributed by atoms with E-state index in [1.165, 1.54) is 0 Å². The van der Waals surface area contributed by atoms with Gasteiger partial charge in [0.1, 0.15) is 5.82 Å². The molecule has 0 aliphatic heterocycles. The van der Waals surface area contributed by atoms with Crippen molar-refractivity contribution in [3.05, 3.63) is 69.8 Å². The van der Waals surface area contributed by atoms with Crippen LogP contribution in [0.1, 0.15) is 50.7 Å². The summed E-state index contributed by atoms with van der Waals surface area (Å²) in [5.41, 5.74) is 3.09. The molecule has 30 heavy (non-hydrogen) atoms. The molecule has 0 saturated carbocycles. The van der Waals surface area contributed by atoms with Gasteiger partial charge in [0.15, 0.2) is 0 Å². The molecule has 0 aliphatic rings. The molecule has 0 bridgehead atoms. The lowest BCUT2D eigenvalue weighted by atomic mass is 10.1. The summed E-state index contributed by atoms with van der Waals surface area (Å²) in [5, 5.41) is 3.52. The van der Waals surface area contributed by atoms with Crippen LogP contribution in [0.2, 0.25) is 0 Å². The number of carbonyl (C=O) groups is 1. The molecular weight excluding hydrogens is 376 g/mol. The van der Waals surface area contributed by atoms with Crippen LogP contribution in [0.25, 0.3) is 16.6 Å². The molecule has 158 valence electrons. The average Bonchev–Trinajstić information content (AvgIpc) is 2.67. The smallest absolute Gasteiger partial charge is 0.318 e. The van der Waals surface area contributed by atoms with Crippen LogP contribution in [0.15, 0.2) is 47.3 Å². The van der Waals surface area contributed by atoms with E-state index in [-0.39, 0.29) is 17.1 Å². The largest absolute Gasteiger partial charge is 0.333 e. The van der Waals surface area contributed by atoms with Crippen molar-refractivity contribution in [3.8, 4) is 5.69 Å². The first-order chi connectivity index (χ1) is 14.0. The summed E-state index contributed by atoms with van der Waals surface area (Å²) < 4.78 is 1.63. The Bertz CT molecular complexity index is 1160. The monoisotopic (exact) mass is 406 g/mol. The standard InChI is InChI=1S/C24H30N4O2/c1-15-12-13-18(14-16(15)2)28-21(17(3)27(7)23(30)26-24(4,5)6)25-20-11-9-8-10-19(20)22(28)29/h8-14,17H,1-7H3,(H,26,30). The van der Waals surface area contributed by atoms with Gasteiger partial charge in [0.2, 0.25) is 0 Å². The first-order valence-corrected chi connectivity index (χ1v) is 10.1. The fraction of sp³-hybridized carbons (Fsp3) is 0.375. The molecule has 0 radical (unpaired) electrons. The number of aromatic nitrogens is 2. The van der Waals surface area contributed by atoms with E-state index in [4.69, 9.17) is 4.98 Å². The number of fused-ring (bicyclic) bond motifs is 1. The predicted molar refractivity (Wildman–Crippen MR) is 121 cm³/mol. The first-order valence-electron chi connectivity index (χ1n) is 10.1. The number of amides is 2. The highest BCUT2D eigenvalue weighted by Gasteiger charge is 2.26. The number of urea groups is 1. The Morgan fingerprint density at radius 2 is 1.77 bits per heavy atom. The fourth-order valence-corrected chi connectivity index (χ4v) is 3.30. The van der Waals surface area contributed by atoms with Crippen molar-refractivity contribution in [1.29, 1.82) is 0 Å². The Balaban J connectivity index is 2.21. The zero-order valence-electron chi connectivity index (χ0n) is 18.8. The van der Waals surface area contributed by atoms with E-state index in [2.05, 4.69) is 5.32 Å². The van der Waals surface area contributed by atoms with E-state index < -0.39 is 6.04 Å². The zero-order chi connectivity index (χ0) is 22.2. The Morgan fingerprint density at radius 1 is 1.10 bits per heavy atom. The quantitative estimate of drug-likeness (QED) is 0.696. The molecule has 1 atom stereocenters. The summed E-state index contributed by atoms with van der Waals surface area (Å²) in [6.07, 6.45) is 0. The molecule has 1 heterocycles. The van der Waals surface area contributed by atoms with Gasteiger partial charge in [-0.2, -0.15) is 0 Å². The number of hydrogen-bond acceptors (Lipinski definition) is 3. The molecule has 3 rings (SSSR count). The van der Waals surface area contributed by atoms with E-state index in [9.17, 15) is 9.59 Å². The third kappa shape index (κ3) is 4.22. The maximum Gasteiger partial charge on any atom is 0.318 e. The van der Waals surface area contributed by atoms with Gasteiger partial charge < -0.3 is 10.2 Å². The minimum absolute atomic E-state index is 0.143. The highest BCUT2D eigenvalue weighted by Crippen LogP contribution is 2.23. The van der Waals surface area contributed by atoms with Crippen LogP contribution in [0.5, 0.6) is 0 Å². The normalized spacial score (nSPS) is 12.6. The van der Waals surface area contributed by atoms with Crippen LogP contribution in [0.3, 0.4) is 0 Å². The number of benzene rings is 2. The molecule has 6 heteroatoms. The Hall–Kier alpha value is -3.15. The van der Waals surface area contributed by atoms with Crippen LogP contribution in [0.4, 0.5) is 4.79 Å². The molecule has 2 amide bonds. The summed E-state index contributed by atoms with van der Waals surface area (Å²) in [6.45, 7) is 11.7. The summed E-state index contributed by atoms with van der Waals surface area (Å²) in [5.74, 6) is 0.522. The molecule has 0 saturated heterocycles. The van der Waals surface area contributed by atoms with E-state index in [1.807, 2.05) is 77.9 Å². The van der Waals surface area contributed by atoms with Crippen molar-refractivity contribution >= 4 is 16.9 Å². The van der Waals surface area contributed by atoms with E-state index in [0.29, 0.717) is 16.7 Å². The molecule has 6 nitrogen and oxygen atoms in total. The van der Waals surface area contributed by atoms with Crippen LogP contribution in [-0.2, 0) is 0 Å². The lowest BCUT2D eigenvalue weighted by molar-refractivity contribution is 0.182. The van der Waals surface area contributed by atoms with Gasteiger partial charge >= 0.3 is 6.03 Å². The number of hydrogen-bond donors (Lipinski definition) is 1. The van der Waals surface area contributed by atoms with E-state index >= 15 is 0 Å². The number of nitrogens with one attached hydrogen (secondary N) is 1. The lowest BCUT2D eigenvalue weighted by Crippen LogP contribution is -2.48. The number of para-hydroxylation sites is 1. The maximum atomic E-state index is 13.5. The summed E-state index contributed by atoms with van der Waals surface area (Å²) in [6, 6.07) is 12.6. The first kappa shape index (κ1) is 21.6. The Kier molecular flexibility index (Phi) is 5.70. The van der Waals surface area contributed by atoms with Crippen LogP contribution in [0, 0.1) is 13.8 Å². The van der Waals surface area contributed by atoms with Gasteiger partial charge in [0.25, 0.3) is 5.56 Å². The Morgan fingerprint density at radius 3 is 2.40 bits per heavy atom. The number of carbonyl (C=O) groups excluding carboxylic acids is 1. The zero-order valence-corrected chi connectivity index (χ0v) is 18.8. The third-order valence-corrected chi connectivity index (χ3v) is 5.31. The lowest BCUT2D eigenvalue weighted by Gasteiger charge is -2.30. The van der Waals surface area contributed by atoms with Gasteiger partial charge in [-0.25, -0.2) is 9.78 Å². The minimum atomic E-state index is -0.425. The second kappa shape index (κ2) is 7.94. The van der Waals surface area contributed by atoms with Crippen molar-refractivity contribution in [2.75, 3.05) is 7.05 Å². The van der Waals surface area contributed by atoms with E-state index in [1.54, 1.807) is 22.6 Å². The number of nitrogens with zero attached hydrogens (tertiary/aromatic N) is 3. The maximum absolute atomic E-state index is 13.5. The number of rotatable bonds is 3. The van der Waals surface area contributed by atoms with Crippen molar-refractivity contribution in [1.82, 2.24) is 19.8 Å². The minimum Gasteiger partial charge on any atom is -0.333 e. The molecule has 1 N–H and O–H groups in total. The van der Waals surface area contributed by atoms with Gasteiger partial charge in [-0.15, -0.1) is 0 Å². The van der Waals surface area contributed by atoms with Gasteiger partial charge in [0, 0.05) is 12.6 Å². The van der Waals surface area contributed by atoms with Crippen molar-refractivity contribution in [3.63, 3.8) is 0 Å². The Labute approximate surface area is 177 Å². The van der Waals surface area contributed by atoms with Gasteiger partial charge in [-0.1, -0.05) is 18.2 Å². The van der Waals surface area contributed by atoms with E-state index in [0.717, 1.165) is 16.8 Å². The molecular formula is C24H30N4O2. The molecule has 1 aromatic heterocycles. The summed E-state index contributed by atoms with van der Waals surface area (Å²) in [4.78, 5) is 32.6. The second-order valence-electron chi connectivity index (χ2n) is 8.86. The van der Waals surface area contributed by atoms with Gasteiger partial charge in [0.05, 0.1) is 22.6 Å². The van der Waals surface area contributed by atoms with Crippen molar-refractivity contribution in [2.45, 2.75) is 53.1 Å². The fourth-order valence-electron chi connectivity index (χ4n) is 3.30. The third-order valence-electron chi connectivity index (χ3n) is 5.31.